The van der Waals surface area contributed by atoms with Gasteiger partial charge in [-0.05, 0) is 96.0 Å². The third kappa shape index (κ3) is 5.42. The zero-order valence-electron chi connectivity index (χ0n) is 20.1. The molecule has 0 unspecified atom stereocenters. The number of anilines is 2. The first kappa shape index (κ1) is 24.0. The maximum absolute atomic E-state index is 12.7. The first-order chi connectivity index (χ1) is 16.6. The van der Waals surface area contributed by atoms with E-state index in [2.05, 4.69) is 53.8 Å². The van der Waals surface area contributed by atoms with Crippen LogP contribution in [0.15, 0.2) is 58.4 Å². The fraction of sp³-hybridized carbons (Fsp3) is 0.407. The normalized spacial score (nSPS) is 21.9. The lowest BCUT2D eigenvalue weighted by Crippen LogP contribution is -2.29. The van der Waals surface area contributed by atoms with Crippen molar-refractivity contribution in [2.24, 2.45) is 16.3 Å². The Morgan fingerprint density at radius 1 is 1.09 bits per heavy atom. The van der Waals surface area contributed by atoms with Gasteiger partial charge in [-0.15, -0.1) is 0 Å². The van der Waals surface area contributed by atoms with Crippen LogP contribution in [-0.2, 0) is 0 Å². The molecule has 2 aromatic carbocycles. The average Bonchev–Trinajstić information content (AvgIpc) is 3.40. The van der Waals surface area contributed by atoms with Crippen LogP contribution in [0.4, 0.5) is 24.8 Å². The number of allylic oxidation sites excluding steroid dienone is 1. The lowest BCUT2D eigenvalue weighted by Gasteiger charge is -2.40. The fourth-order valence-electron chi connectivity index (χ4n) is 5.65. The van der Waals surface area contributed by atoms with Crippen molar-refractivity contribution in [3.8, 4) is 0 Å². The molecule has 1 aliphatic carbocycles. The van der Waals surface area contributed by atoms with Crippen molar-refractivity contribution in [3.63, 3.8) is 0 Å². The van der Waals surface area contributed by atoms with Gasteiger partial charge in [0.25, 0.3) is 0 Å². The number of hydrogen-bond acceptors (Lipinski definition) is 4. The van der Waals surface area contributed by atoms with Crippen LogP contribution in [0.5, 0.6) is 0 Å². The maximum Gasteiger partial charge on any atom is 0.446 e. The van der Waals surface area contributed by atoms with E-state index < -0.39 is 5.51 Å². The fourth-order valence-corrected chi connectivity index (χ4v) is 6.19. The second kappa shape index (κ2) is 9.04. The number of nitrogens with one attached hydrogen (secondary N) is 1. The summed E-state index contributed by atoms with van der Waals surface area (Å²) in [4.78, 5) is 9.43. The third-order valence-electron chi connectivity index (χ3n) is 6.78. The largest absolute Gasteiger partial charge is 0.446 e. The molecular weight excluding hydrogens is 469 g/mol. The minimum atomic E-state index is -4.30. The van der Waals surface area contributed by atoms with Crippen LogP contribution in [-0.4, -0.2) is 27.8 Å². The summed E-state index contributed by atoms with van der Waals surface area (Å²) in [7, 11) is 0. The summed E-state index contributed by atoms with van der Waals surface area (Å²) < 4.78 is 40.5. The predicted molar refractivity (Wildman–Crippen MR) is 139 cm³/mol. The van der Waals surface area contributed by atoms with E-state index in [0.29, 0.717) is 18.2 Å². The number of thioether (sulfide) groups is 1. The molecule has 2 aliphatic rings. The van der Waals surface area contributed by atoms with Crippen molar-refractivity contribution < 1.29 is 13.2 Å². The molecular formula is C27H29F3N4S. The van der Waals surface area contributed by atoms with E-state index in [9.17, 15) is 13.2 Å². The summed E-state index contributed by atoms with van der Waals surface area (Å²) in [5, 5.41) is 3.40. The lowest BCUT2D eigenvalue weighted by molar-refractivity contribution is -0.0328. The molecule has 2 heterocycles. The second-order valence-electron chi connectivity index (χ2n) is 10.5. The number of fused-ring (bicyclic) bond motifs is 1. The predicted octanol–water partition coefficient (Wildman–Crippen LogP) is 8.25. The average molecular weight is 499 g/mol. The van der Waals surface area contributed by atoms with Crippen LogP contribution in [0.2, 0.25) is 0 Å². The van der Waals surface area contributed by atoms with Crippen LogP contribution in [0.1, 0.15) is 51.6 Å². The Labute approximate surface area is 207 Å². The Balaban J connectivity index is 1.52. The molecule has 1 aliphatic heterocycles. The van der Waals surface area contributed by atoms with Crippen molar-refractivity contribution in [1.29, 1.82) is 0 Å². The molecule has 0 spiro atoms. The summed E-state index contributed by atoms with van der Waals surface area (Å²) in [5.74, 6) is 1.31. The van der Waals surface area contributed by atoms with Gasteiger partial charge in [0.2, 0.25) is 5.95 Å². The number of nitrogens with zero attached hydrogens (tertiary/aromatic N) is 3. The van der Waals surface area contributed by atoms with E-state index in [-0.39, 0.29) is 28.1 Å². The molecule has 0 amide bonds. The summed E-state index contributed by atoms with van der Waals surface area (Å²) >= 11 is -0.105. The molecule has 184 valence electrons. The van der Waals surface area contributed by atoms with E-state index in [1.165, 1.54) is 24.1 Å². The van der Waals surface area contributed by atoms with Gasteiger partial charge in [0.05, 0.1) is 17.6 Å². The van der Waals surface area contributed by atoms with Gasteiger partial charge in [-0.1, -0.05) is 26.8 Å². The Morgan fingerprint density at radius 3 is 2.51 bits per heavy atom. The topological polar surface area (TPSA) is 42.2 Å². The van der Waals surface area contributed by atoms with Gasteiger partial charge < -0.3 is 9.88 Å². The highest BCUT2D eigenvalue weighted by molar-refractivity contribution is 8.00. The number of aromatic nitrogens is 2. The molecule has 0 bridgehead atoms. The summed E-state index contributed by atoms with van der Waals surface area (Å²) in [6.07, 6.45) is 7.15. The minimum Gasteiger partial charge on any atom is -0.326 e. The van der Waals surface area contributed by atoms with Gasteiger partial charge >= 0.3 is 5.51 Å². The third-order valence-corrected chi connectivity index (χ3v) is 7.52. The molecule has 35 heavy (non-hydrogen) atoms. The molecule has 2 atom stereocenters. The number of rotatable bonds is 5. The van der Waals surface area contributed by atoms with E-state index >= 15 is 0 Å². The van der Waals surface area contributed by atoms with Crippen molar-refractivity contribution in [2.75, 3.05) is 11.9 Å². The van der Waals surface area contributed by atoms with Crippen LogP contribution in [0.3, 0.4) is 0 Å². The van der Waals surface area contributed by atoms with E-state index in [1.807, 2.05) is 12.3 Å². The van der Waals surface area contributed by atoms with Crippen molar-refractivity contribution in [2.45, 2.75) is 56.5 Å². The summed E-state index contributed by atoms with van der Waals surface area (Å²) in [6.45, 7) is 7.63. The van der Waals surface area contributed by atoms with E-state index in [0.717, 1.165) is 35.4 Å². The molecule has 5 rings (SSSR count). The molecule has 1 N–H and O–H groups in total. The monoisotopic (exact) mass is 498 g/mol. The summed E-state index contributed by atoms with van der Waals surface area (Å²) in [6, 6.07) is 13.0. The van der Waals surface area contributed by atoms with E-state index in [1.54, 1.807) is 12.1 Å². The van der Waals surface area contributed by atoms with Crippen LogP contribution >= 0.6 is 11.8 Å². The standard InChI is InChI=1S/C27H29F3N4S/c1-17-12-21(15-26(2,3)14-17)34-24-9-4-18(19-10-11-31-16-19)13-23(24)33-25(34)32-20-5-7-22(8-6-20)35-27(28,29)30/h4-11,13,17,21H,12,14-16H2,1-3H3,(H,32,33)/t17-,21+/m1/s1. The van der Waals surface area contributed by atoms with Crippen molar-refractivity contribution >= 4 is 46.2 Å². The van der Waals surface area contributed by atoms with Gasteiger partial charge in [-0.25, -0.2) is 4.98 Å². The zero-order chi connectivity index (χ0) is 24.8. The van der Waals surface area contributed by atoms with Crippen molar-refractivity contribution in [3.05, 3.63) is 54.1 Å². The smallest absolute Gasteiger partial charge is 0.326 e. The Bertz CT molecular complexity index is 1290. The molecule has 1 aromatic heterocycles. The molecule has 1 fully saturated rings. The number of aliphatic imine (C=N–C) groups is 1. The van der Waals surface area contributed by atoms with Crippen LogP contribution in [0.25, 0.3) is 16.6 Å². The van der Waals surface area contributed by atoms with Crippen LogP contribution < -0.4 is 5.32 Å². The Morgan fingerprint density at radius 2 is 1.86 bits per heavy atom. The SMILES string of the molecule is C[C@@H]1C[C@H](n2c(Nc3ccc(SC(F)(F)F)cc3)nc3cc(C4=CC=NC4)ccc32)CC(C)(C)C1. The highest BCUT2D eigenvalue weighted by Crippen LogP contribution is 2.46. The minimum absolute atomic E-state index is 0.105. The van der Waals surface area contributed by atoms with E-state index in [4.69, 9.17) is 4.98 Å². The lowest BCUT2D eigenvalue weighted by atomic mass is 9.70. The van der Waals surface area contributed by atoms with Crippen molar-refractivity contribution in [1.82, 2.24) is 9.55 Å². The van der Waals surface area contributed by atoms with Gasteiger partial charge in [0, 0.05) is 22.8 Å². The number of imidazole rings is 1. The number of halogens is 3. The number of hydrogen-bond donors (Lipinski definition) is 1. The molecule has 0 saturated heterocycles. The Hall–Kier alpha value is -2.74. The second-order valence-corrected chi connectivity index (χ2v) is 11.6. The zero-order valence-corrected chi connectivity index (χ0v) is 20.9. The Kier molecular flexibility index (Phi) is 6.20. The highest BCUT2D eigenvalue weighted by atomic mass is 32.2. The van der Waals surface area contributed by atoms with Gasteiger partial charge in [-0.2, -0.15) is 13.2 Å². The molecule has 4 nitrogen and oxygen atoms in total. The first-order valence-corrected chi connectivity index (χ1v) is 12.7. The van der Waals surface area contributed by atoms with Gasteiger partial charge in [0.15, 0.2) is 0 Å². The number of alkyl halides is 3. The first-order valence-electron chi connectivity index (χ1n) is 11.9. The molecule has 8 heteroatoms. The maximum atomic E-state index is 12.7. The molecule has 3 aromatic rings. The molecule has 1 saturated carbocycles. The van der Waals surface area contributed by atoms with Crippen LogP contribution in [0, 0.1) is 11.3 Å². The quantitative estimate of drug-likeness (QED) is 0.360. The van der Waals surface area contributed by atoms with Gasteiger partial charge in [0.1, 0.15) is 0 Å². The summed E-state index contributed by atoms with van der Waals surface area (Å²) in [5.41, 5.74) is 0.873. The highest BCUT2D eigenvalue weighted by Gasteiger charge is 2.35. The number of benzene rings is 2. The molecule has 0 radical (unpaired) electrons. The van der Waals surface area contributed by atoms with Gasteiger partial charge in [-0.3, -0.25) is 4.99 Å².